The molecule has 1 heterocycles. The summed E-state index contributed by atoms with van der Waals surface area (Å²) in [6, 6.07) is 4.53. The molecule has 18 heavy (non-hydrogen) atoms. The van der Waals surface area contributed by atoms with Crippen LogP contribution in [0.15, 0.2) is 22.8 Å². The Labute approximate surface area is 111 Å². The Morgan fingerprint density at radius 3 is 2.78 bits per heavy atom. The molecule has 1 aliphatic rings. The summed E-state index contributed by atoms with van der Waals surface area (Å²) >= 11 is 0. The predicted molar refractivity (Wildman–Crippen MR) is 75.6 cm³/mol. The normalized spacial score (nSPS) is 26.1. The summed E-state index contributed by atoms with van der Waals surface area (Å²) in [6.07, 6.45) is 9.85. The van der Waals surface area contributed by atoms with Crippen LogP contribution in [-0.2, 0) is 6.42 Å². The van der Waals surface area contributed by atoms with Gasteiger partial charge in [0.25, 0.3) is 0 Å². The molecular formula is C16H27NO. The lowest BCUT2D eigenvalue weighted by Crippen LogP contribution is -2.30. The number of hydrogen-bond donors (Lipinski definition) is 1. The molecule has 2 heteroatoms. The van der Waals surface area contributed by atoms with Crippen molar-refractivity contribution in [1.82, 2.24) is 5.32 Å². The molecule has 1 N–H and O–H groups in total. The Morgan fingerprint density at radius 1 is 1.33 bits per heavy atom. The van der Waals surface area contributed by atoms with Gasteiger partial charge in [0.05, 0.1) is 6.26 Å². The van der Waals surface area contributed by atoms with Crippen LogP contribution < -0.4 is 5.32 Å². The number of nitrogens with one attached hydrogen (secondary N) is 1. The second-order valence-corrected chi connectivity index (χ2v) is 6.05. The van der Waals surface area contributed by atoms with E-state index >= 15 is 0 Å². The maximum absolute atomic E-state index is 5.37. The number of hydrogen-bond acceptors (Lipinski definition) is 2. The maximum atomic E-state index is 5.37. The second kappa shape index (κ2) is 6.98. The van der Waals surface area contributed by atoms with Gasteiger partial charge in [0.15, 0.2) is 0 Å². The van der Waals surface area contributed by atoms with Crippen LogP contribution in [-0.4, -0.2) is 12.6 Å². The Hall–Kier alpha value is -0.760. The minimum absolute atomic E-state index is 0.513. The van der Waals surface area contributed by atoms with E-state index in [-0.39, 0.29) is 0 Å². The summed E-state index contributed by atoms with van der Waals surface area (Å²) in [5.74, 6) is 3.01. The van der Waals surface area contributed by atoms with Crippen LogP contribution in [0.4, 0.5) is 0 Å². The van der Waals surface area contributed by atoms with Crippen molar-refractivity contribution in [3.05, 3.63) is 24.2 Å². The van der Waals surface area contributed by atoms with Crippen LogP contribution in [0.25, 0.3) is 0 Å². The van der Waals surface area contributed by atoms with Crippen LogP contribution in [0.5, 0.6) is 0 Å². The van der Waals surface area contributed by atoms with Crippen LogP contribution >= 0.6 is 0 Å². The number of rotatable bonds is 6. The summed E-state index contributed by atoms with van der Waals surface area (Å²) in [4.78, 5) is 0. The topological polar surface area (TPSA) is 25.2 Å². The van der Waals surface area contributed by atoms with Gasteiger partial charge in [-0.1, -0.05) is 32.6 Å². The van der Waals surface area contributed by atoms with Crippen molar-refractivity contribution in [2.45, 2.75) is 58.4 Å². The van der Waals surface area contributed by atoms with Gasteiger partial charge < -0.3 is 9.73 Å². The minimum atomic E-state index is 0.513. The molecule has 0 radical (unpaired) electrons. The molecular weight excluding hydrogens is 222 g/mol. The molecule has 0 aliphatic heterocycles. The van der Waals surface area contributed by atoms with Crippen molar-refractivity contribution in [2.75, 3.05) is 6.54 Å². The standard InChI is InChI=1S/C16H27NO/c1-13-5-7-15(8-6-13)9-10-17-14(2)12-16-4-3-11-18-16/h3-4,11,13-15,17H,5-10,12H2,1-2H3. The Balaban J connectivity index is 1.57. The molecule has 1 unspecified atom stereocenters. The fourth-order valence-corrected chi connectivity index (χ4v) is 2.95. The Kier molecular flexibility index (Phi) is 5.30. The largest absolute Gasteiger partial charge is 0.469 e. The van der Waals surface area contributed by atoms with Crippen molar-refractivity contribution in [2.24, 2.45) is 11.8 Å². The van der Waals surface area contributed by atoms with E-state index in [0.29, 0.717) is 6.04 Å². The molecule has 0 saturated heterocycles. The summed E-state index contributed by atoms with van der Waals surface area (Å²) in [5, 5.41) is 3.62. The first-order valence-electron chi connectivity index (χ1n) is 7.50. The average Bonchev–Trinajstić information content (AvgIpc) is 2.84. The van der Waals surface area contributed by atoms with Crippen LogP contribution in [0.3, 0.4) is 0 Å². The fraction of sp³-hybridized carbons (Fsp3) is 0.750. The van der Waals surface area contributed by atoms with Gasteiger partial charge in [-0.15, -0.1) is 0 Å². The van der Waals surface area contributed by atoms with Gasteiger partial charge in [0.2, 0.25) is 0 Å². The van der Waals surface area contributed by atoms with Gasteiger partial charge in [-0.2, -0.15) is 0 Å². The molecule has 1 aliphatic carbocycles. The van der Waals surface area contributed by atoms with Gasteiger partial charge in [0.1, 0.15) is 5.76 Å². The third-order valence-corrected chi connectivity index (χ3v) is 4.27. The van der Waals surface area contributed by atoms with Gasteiger partial charge in [0, 0.05) is 12.5 Å². The summed E-state index contributed by atoms with van der Waals surface area (Å²) in [5.41, 5.74) is 0. The Bertz CT molecular complexity index is 312. The molecule has 2 nitrogen and oxygen atoms in total. The molecule has 0 aromatic carbocycles. The van der Waals surface area contributed by atoms with Crippen LogP contribution in [0, 0.1) is 11.8 Å². The molecule has 1 fully saturated rings. The second-order valence-electron chi connectivity index (χ2n) is 6.05. The lowest BCUT2D eigenvalue weighted by Gasteiger charge is -2.26. The van der Waals surface area contributed by atoms with E-state index in [0.717, 1.165) is 30.6 Å². The fourth-order valence-electron chi connectivity index (χ4n) is 2.95. The summed E-state index contributed by atoms with van der Waals surface area (Å²) in [7, 11) is 0. The van der Waals surface area contributed by atoms with Crippen molar-refractivity contribution >= 4 is 0 Å². The molecule has 1 saturated carbocycles. The van der Waals surface area contributed by atoms with E-state index < -0.39 is 0 Å². The van der Waals surface area contributed by atoms with Gasteiger partial charge in [-0.05, 0) is 43.9 Å². The zero-order valence-electron chi connectivity index (χ0n) is 11.8. The monoisotopic (exact) mass is 249 g/mol. The quantitative estimate of drug-likeness (QED) is 0.824. The smallest absolute Gasteiger partial charge is 0.105 e. The highest BCUT2D eigenvalue weighted by Gasteiger charge is 2.17. The molecule has 0 bridgehead atoms. The third-order valence-electron chi connectivity index (χ3n) is 4.27. The van der Waals surface area contributed by atoms with E-state index in [9.17, 15) is 0 Å². The first-order valence-corrected chi connectivity index (χ1v) is 7.50. The minimum Gasteiger partial charge on any atom is -0.469 e. The average molecular weight is 249 g/mol. The molecule has 2 rings (SSSR count). The van der Waals surface area contributed by atoms with Crippen molar-refractivity contribution in [3.8, 4) is 0 Å². The van der Waals surface area contributed by atoms with Crippen molar-refractivity contribution in [3.63, 3.8) is 0 Å². The Morgan fingerprint density at radius 2 is 2.11 bits per heavy atom. The van der Waals surface area contributed by atoms with Crippen molar-refractivity contribution < 1.29 is 4.42 Å². The highest BCUT2D eigenvalue weighted by atomic mass is 16.3. The first-order chi connectivity index (χ1) is 8.74. The highest BCUT2D eigenvalue weighted by molar-refractivity contribution is 4.99. The zero-order chi connectivity index (χ0) is 12.8. The van der Waals surface area contributed by atoms with Gasteiger partial charge in [-0.3, -0.25) is 0 Å². The third kappa shape index (κ3) is 4.49. The summed E-state index contributed by atoms with van der Waals surface area (Å²) in [6.45, 7) is 5.78. The van der Waals surface area contributed by atoms with E-state index in [1.54, 1.807) is 6.26 Å². The van der Waals surface area contributed by atoms with Crippen molar-refractivity contribution in [1.29, 1.82) is 0 Å². The molecule has 1 atom stereocenters. The highest BCUT2D eigenvalue weighted by Crippen LogP contribution is 2.29. The van der Waals surface area contributed by atoms with Crippen LogP contribution in [0.2, 0.25) is 0 Å². The SMILES string of the molecule is CC1CCC(CCNC(C)Cc2ccco2)CC1. The summed E-state index contributed by atoms with van der Waals surface area (Å²) < 4.78 is 5.37. The molecule has 0 amide bonds. The molecule has 1 aromatic rings. The zero-order valence-corrected chi connectivity index (χ0v) is 11.8. The predicted octanol–water partition coefficient (Wildman–Crippen LogP) is 4.02. The van der Waals surface area contributed by atoms with E-state index in [1.165, 1.54) is 32.1 Å². The molecule has 0 spiro atoms. The molecule has 102 valence electrons. The van der Waals surface area contributed by atoms with E-state index in [4.69, 9.17) is 4.42 Å². The van der Waals surface area contributed by atoms with Gasteiger partial charge >= 0.3 is 0 Å². The van der Waals surface area contributed by atoms with E-state index in [1.807, 2.05) is 6.07 Å². The first kappa shape index (κ1) is 13.7. The lowest BCUT2D eigenvalue weighted by atomic mass is 9.81. The van der Waals surface area contributed by atoms with Gasteiger partial charge in [-0.25, -0.2) is 0 Å². The lowest BCUT2D eigenvalue weighted by molar-refractivity contribution is 0.272. The number of furan rings is 1. The van der Waals surface area contributed by atoms with E-state index in [2.05, 4.69) is 25.2 Å². The maximum Gasteiger partial charge on any atom is 0.105 e. The van der Waals surface area contributed by atoms with Crippen LogP contribution in [0.1, 0.15) is 51.7 Å². The molecule has 1 aromatic heterocycles.